The third-order valence-electron chi connectivity index (χ3n) is 8.95. The van der Waals surface area contributed by atoms with E-state index in [-0.39, 0.29) is 56.6 Å². The normalized spacial score (nSPS) is 15.1. The molecule has 2 aliphatic carbocycles. The summed E-state index contributed by atoms with van der Waals surface area (Å²) < 4.78 is 0. The summed E-state index contributed by atoms with van der Waals surface area (Å²) in [6.45, 7) is 0. The molecule has 2 radical (unpaired) electrons. The molecule has 0 saturated carbocycles. The van der Waals surface area contributed by atoms with Crippen molar-refractivity contribution in [2.45, 2.75) is 11.8 Å². The molecule has 0 bridgehead atoms. The Kier molecular flexibility index (Phi) is 11.4. The van der Waals surface area contributed by atoms with Crippen LogP contribution in [0, 0.1) is 0 Å². The van der Waals surface area contributed by atoms with E-state index in [1.54, 1.807) is 0 Å². The molecule has 0 saturated heterocycles. The number of rotatable bonds is 4. The minimum absolute atomic E-state index is 0. The largest absolute Gasteiger partial charge is 1.00 e. The van der Waals surface area contributed by atoms with E-state index in [0.29, 0.717) is 5.92 Å². The van der Waals surface area contributed by atoms with Crippen molar-refractivity contribution < 1.29 is 50.7 Å². The minimum atomic E-state index is 0. The molecule has 0 aliphatic heterocycles. The molecule has 0 nitrogen and oxygen atoms in total. The molecular formula is C43H31Cl2HfSi-3. The van der Waals surface area contributed by atoms with Crippen LogP contribution < -0.4 is 35.2 Å². The number of allylic oxidation sites excluding steroid dienone is 2. The van der Waals surface area contributed by atoms with Gasteiger partial charge in [-0.15, -0.1) is 33.7 Å². The zero-order valence-electron chi connectivity index (χ0n) is 25.7. The molecule has 2 atom stereocenters. The number of fused-ring (bicyclic) bond motifs is 5. The average molecular weight is 825 g/mol. The van der Waals surface area contributed by atoms with Gasteiger partial charge in [-0.2, -0.15) is 0 Å². The van der Waals surface area contributed by atoms with Crippen LogP contribution in [0.1, 0.15) is 45.2 Å². The molecule has 0 aromatic heterocycles. The predicted molar refractivity (Wildman–Crippen MR) is 190 cm³/mol. The third kappa shape index (κ3) is 6.84. The first-order valence-corrected chi connectivity index (χ1v) is 16.4. The van der Waals surface area contributed by atoms with Crippen molar-refractivity contribution in [1.82, 2.24) is 0 Å². The van der Waals surface area contributed by atoms with E-state index in [9.17, 15) is 0 Å². The maximum Gasteiger partial charge on any atom is 0.121 e. The molecule has 2 unspecified atom stereocenters. The van der Waals surface area contributed by atoms with Gasteiger partial charge in [0.15, 0.2) is 0 Å². The molecule has 0 amide bonds. The zero-order chi connectivity index (χ0) is 29.3. The van der Waals surface area contributed by atoms with E-state index in [1.807, 2.05) is 0 Å². The molecular weight excluding hydrogens is 794 g/mol. The van der Waals surface area contributed by atoms with Crippen molar-refractivity contribution >= 4 is 53.6 Å². The maximum atomic E-state index is 2.41. The van der Waals surface area contributed by atoms with Crippen LogP contribution in [0.3, 0.4) is 0 Å². The maximum absolute atomic E-state index is 2.41. The molecule has 47 heavy (non-hydrogen) atoms. The second kappa shape index (κ2) is 15.5. The van der Waals surface area contributed by atoms with E-state index in [4.69, 9.17) is 0 Å². The number of hydrogen-bond acceptors (Lipinski definition) is 0. The SMILES string of the molecule is C1=CC(c2ccc3c([cH-]c4ccccc43)c2C2C=Cc3ccccc32)c2ccccc21.[Cl-].[Cl-].[Hf].c1ccc([Si]c2ccccc2)cc1. The van der Waals surface area contributed by atoms with Crippen LogP contribution in [0.25, 0.3) is 33.7 Å². The molecule has 7 aromatic carbocycles. The van der Waals surface area contributed by atoms with E-state index in [2.05, 4.69) is 176 Å². The van der Waals surface area contributed by atoms with Crippen molar-refractivity contribution in [3.05, 3.63) is 197 Å². The van der Waals surface area contributed by atoms with Gasteiger partial charge in [0.25, 0.3) is 0 Å². The molecule has 2 aliphatic rings. The Bertz CT molecular complexity index is 2130. The molecule has 228 valence electrons. The van der Waals surface area contributed by atoms with Gasteiger partial charge in [-0.3, -0.25) is 0 Å². The van der Waals surface area contributed by atoms with Gasteiger partial charge in [0.1, 0.15) is 9.52 Å². The summed E-state index contributed by atoms with van der Waals surface area (Å²) in [6.07, 6.45) is 9.35. The first-order valence-electron chi connectivity index (χ1n) is 15.4. The van der Waals surface area contributed by atoms with Gasteiger partial charge in [0, 0.05) is 37.7 Å². The van der Waals surface area contributed by atoms with Gasteiger partial charge in [-0.05, 0) is 22.3 Å². The van der Waals surface area contributed by atoms with Crippen molar-refractivity contribution in [3.63, 3.8) is 0 Å². The van der Waals surface area contributed by atoms with Gasteiger partial charge >= 0.3 is 0 Å². The average Bonchev–Trinajstić information content (AvgIpc) is 3.81. The summed E-state index contributed by atoms with van der Waals surface area (Å²) in [5, 5.41) is 8.23. The summed E-state index contributed by atoms with van der Waals surface area (Å²) >= 11 is 0. The first-order chi connectivity index (χ1) is 21.8. The smallest absolute Gasteiger partial charge is 0.121 e. The Balaban J connectivity index is 0.000000232. The van der Waals surface area contributed by atoms with Crippen molar-refractivity contribution in [2.75, 3.05) is 0 Å². The Morgan fingerprint density at radius 2 is 0.957 bits per heavy atom. The summed E-state index contributed by atoms with van der Waals surface area (Å²) in [7, 11) is 0.777. The fourth-order valence-electron chi connectivity index (χ4n) is 6.92. The Hall–Kier alpha value is -3.66. The summed E-state index contributed by atoms with van der Waals surface area (Å²) in [5.74, 6) is 0.586. The molecule has 9 rings (SSSR count). The van der Waals surface area contributed by atoms with Crippen LogP contribution in [0.15, 0.2) is 164 Å². The second-order valence-corrected chi connectivity index (χ2v) is 13.0. The molecule has 0 spiro atoms. The first kappa shape index (κ1) is 34.7. The fourth-order valence-corrected chi connectivity index (χ4v) is 7.97. The fraction of sp³-hybridized carbons (Fsp3) is 0.0465. The zero-order valence-corrected chi connectivity index (χ0v) is 31.8. The van der Waals surface area contributed by atoms with Crippen LogP contribution in [0.2, 0.25) is 0 Å². The van der Waals surface area contributed by atoms with Crippen LogP contribution >= 0.6 is 0 Å². The van der Waals surface area contributed by atoms with Gasteiger partial charge < -0.3 is 24.8 Å². The van der Waals surface area contributed by atoms with Crippen molar-refractivity contribution in [2.24, 2.45) is 0 Å². The number of halogens is 2. The molecule has 0 N–H and O–H groups in total. The van der Waals surface area contributed by atoms with Crippen molar-refractivity contribution in [3.8, 4) is 0 Å². The third-order valence-corrected chi connectivity index (χ3v) is 10.2. The van der Waals surface area contributed by atoms with E-state index >= 15 is 0 Å². The van der Waals surface area contributed by atoms with Gasteiger partial charge in [-0.25, -0.2) is 0 Å². The second-order valence-electron chi connectivity index (χ2n) is 11.5. The van der Waals surface area contributed by atoms with Crippen LogP contribution in [0.4, 0.5) is 0 Å². The molecule has 7 aromatic rings. The predicted octanol–water partition coefficient (Wildman–Crippen LogP) is 3.38. The van der Waals surface area contributed by atoms with Gasteiger partial charge in [-0.1, -0.05) is 185 Å². The number of benzene rings is 6. The summed E-state index contributed by atoms with van der Waals surface area (Å²) in [6, 6.07) is 54.7. The van der Waals surface area contributed by atoms with Crippen molar-refractivity contribution in [1.29, 1.82) is 0 Å². The van der Waals surface area contributed by atoms with Crippen LogP contribution in [0.5, 0.6) is 0 Å². The molecule has 4 heteroatoms. The van der Waals surface area contributed by atoms with Crippen LogP contribution in [-0.4, -0.2) is 9.52 Å². The van der Waals surface area contributed by atoms with E-state index in [1.165, 1.54) is 65.3 Å². The minimum Gasteiger partial charge on any atom is -1.00 e. The standard InChI is InChI=1S/C31H21.C12H10Si.2ClH.Hf/c1-4-10-23-20(7-1)13-15-26(23)29-18-17-27-25-12-6-3-9-22(25)19-30(27)31(29)28-16-14-21-8-2-5-11-24(21)28;1-3-7-11(8-4-1)13-12-9-5-2-6-10-12;;;/h1-19,26,28H;1-10H;2*1H;/q-1;;;;/p-2. The Morgan fingerprint density at radius 3 is 1.60 bits per heavy atom. The molecule has 0 heterocycles. The summed E-state index contributed by atoms with van der Waals surface area (Å²) in [4.78, 5) is 0. The monoisotopic (exact) mass is 825 g/mol. The topological polar surface area (TPSA) is 0 Å². The van der Waals surface area contributed by atoms with Gasteiger partial charge in [0.2, 0.25) is 0 Å². The van der Waals surface area contributed by atoms with E-state index < -0.39 is 0 Å². The van der Waals surface area contributed by atoms with E-state index in [0.717, 1.165) is 9.52 Å². The quantitative estimate of drug-likeness (QED) is 0.189. The Labute approximate surface area is 311 Å². The Morgan fingerprint density at radius 1 is 0.447 bits per heavy atom. The van der Waals surface area contributed by atoms with Gasteiger partial charge in [0.05, 0.1) is 0 Å². The number of hydrogen-bond donors (Lipinski definition) is 0. The molecule has 0 fully saturated rings. The van der Waals surface area contributed by atoms with Crippen LogP contribution in [-0.2, 0) is 25.8 Å². The summed E-state index contributed by atoms with van der Waals surface area (Å²) in [5.41, 5.74) is 8.39.